The summed E-state index contributed by atoms with van der Waals surface area (Å²) >= 11 is 0. The van der Waals surface area contributed by atoms with Gasteiger partial charge in [0.1, 0.15) is 35.6 Å². The van der Waals surface area contributed by atoms with E-state index >= 15 is 0 Å². The molecule has 1 aromatic carbocycles. The van der Waals surface area contributed by atoms with Crippen LogP contribution in [0.3, 0.4) is 0 Å². The lowest BCUT2D eigenvalue weighted by molar-refractivity contribution is -0.136. The van der Waals surface area contributed by atoms with Crippen molar-refractivity contribution in [2.24, 2.45) is 0 Å². The molecule has 7 heterocycles. The van der Waals surface area contributed by atoms with Crippen LogP contribution in [-0.2, 0) is 31.2 Å². The number of imidazole rings is 1. The second kappa shape index (κ2) is 15.8. The highest BCUT2D eigenvalue weighted by molar-refractivity contribution is 6.23. The summed E-state index contributed by atoms with van der Waals surface area (Å²) in [4.78, 5) is 77.1. The van der Waals surface area contributed by atoms with Gasteiger partial charge >= 0.3 is 0 Å². The molecule has 4 aliphatic heterocycles. The van der Waals surface area contributed by atoms with Gasteiger partial charge < -0.3 is 29.2 Å². The highest BCUT2D eigenvalue weighted by Crippen LogP contribution is 2.32. The topological polar surface area (TPSA) is 180 Å². The molecule has 4 aliphatic rings. The summed E-state index contributed by atoms with van der Waals surface area (Å²) < 4.78 is 14.0. The molecule has 3 fully saturated rings. The van der Waals surface area contributed by atoms with Gasteiger partial charge in [0.05, 0.1) is 35.6 Å². The van der Waals surface area contributed by atoms with E-state index in [1.165, 1.54) is 0 Å². The number of imide groups is 2. The van der Waals surface area contributed by atoms with Crippen LogP contribution >= 0.6 is 0 Å². The maximum atomic E-state index is 13.3. The Hall–Kier alpha value is -5.52. The minimum absolute atomic E-state index is 0.0860. The van der Waals surface area contributed by atoms with Crippen molar-refractivity contribution in [1.29, 1.82) is 0 Å². The first-order valence-corrected chi connectivity index (χ1v) is 19.6. The van der Waals surface area contributed by atoms with E-state index in [2.05, 4.69) is 60.6 Å². The SMILES string of the molecule is COC1CCN(c2nccc(Nc3cc4c(cn3)nc(COCCN3CCN(c5ccc6c(c5)C(=O)N(C5CCC(=O)NC5=O)C6=O)CC3)n4C(C)(C)C)n2)CC1. The van der Waals surface area contributed by atoms with Crippen LogP contribution < -0.4 is 20.4 Å². The van der Waals surface area contributed by atoms with E-state index in [1.807, 2.05) is 18.2 Å². The summed E-state index contributed by atoms with van der Waals surface area (Å²) in [5, 5.41) is 5.61. The summed E-state index contributed by atoms with van der Waals surface area (Å²) in [6, 6.07) is 8.13. The van der Waals surface area contributed by atoms with Crippen molar-refractivity contribution in [2.75, 3.05) is 74.6 Å². The molecule has 3 aromatic heterocycles. The number of amides is 4. The lowest BCUT2D eigenvalue weighted by Crippen LogP contribution is -2.54. The van der Waals surface area contributed by atoms with E-state index in [-0.39, 0.29) is 35.6 Å². The first-order chi connectivity index (χ1) is 27.5. The van der Waals surface area contributed by atoms with Gasteiger partial charge in [-0.05, 0) is 64.3 Å². The molecule has 17 nitrogen and oxygen atoms in total. The monoisotopic (exact) mass is 779 g/mol. The zero-order valence-electron chi connectivity index (χ0n) is 32.9. The molecule has 1 unspecified atom stereocenters. The largest absolute Gasteiger partial charge is 0.381 e. The molecule has 0 aliphatic carbocycles. The zero-order chi connectivity index (χ0) is 39.8. The third kappa shape index (κ3) is 7.91. The summed E-state index contributed by atoms with van der Waals surface area (Å²) in [6.45, 7) is 12.9. The van der Waals surface area contributed by atoms with Gasteiger partial charge in [-0.1, -0.05) is 0 Å². The van der Waals surface area contributed by atoms with Crippen molar-refractivity contribution in [3.8, 4) is 0 Å². The number of fused-ring (bicyclic) bond motifs is 2. The van der Waals surface area contributed by atoms with Crippen molar-refractivity contribution in [1.82, 2.24) is 39.6 Å². The molecule has 300 valence electrons. The fourth-order valence-corrected chi connectivity index (χ4v) is 8.18. The maximum absolute atomic E-state index is 13.3. The zero-order valence-corrected chi connectivity index (χ0v) is 32.9. The van der Waals surface area contributed by atoms with Crippen molar-refractivity contribution >= 4 is 57.9 Å². The number of hydrogen-bond donors (Lipinski definition) is 2. The van der Waals surface area contributed by atoms with Gasteiger partial charge in [-0.2, -0.15) is 4.98 Å². The van der Waals surface area contributed by atoms with Crippen molar-refractivity contribution < 1.29 is 28.7 Å². The molecule has 2 N–H and O–H groups in total. The molecule has 1 atom stereocenters. The Morgan fingerprint density at radius 3 is 2.37 bits per heavy atom. The van der Waals surface area contributed by atoms with E-state index in [0.29, 0.717) is 30.8 Å². The maximum Gasteiger partial charge on any atom is 0.262 e. The molecule has 0 radical (unpaired) electrons. The van der Waals surface area contributed by atoms with Crippen LogP contribution in [0.2, 0.25) is 0 Å². The summed E-state index contributed by atoms with van der Waals surface area (Å²) in [6.07, 6.45) is 5.93. The van der Waals surface area contributed by atoms with Gasteiger partial charge in [0.25, 0.3) is 11.8 Å². The number of piperidine rings is 2. The second-order valence-corrected chi connectivity index (χ2v) is 15.9. The Labute approximate surface area is 330 Å². The number of nitrogens with one attached hydrogen (secondary N) is 2. The van der Waals surface area contributed by atoms with E-state index in [0.717, 1.165) is 86.1 Å². The van der Waals surface area contributed by atoms with Crippen LogP contribution in [-0.4, -0.2) is 130 Å². The van der Waals surface area contributed by atoms with E-state index in [1.54, 1.807) is 31.6 Å². The first-order valence-electron chi connectivity index (χ1n) is 19.6. The van der Waals surface area contributed by atoms with Crippen LogP contribution in [0.5, 0.6) is 0 Å². The van der Waals surface area contributed by atoms with E-state index in [4.69, 9.17) is 19.4 Å². The fourth-order valence-electron chi connectivity index (χ4n) is 8.18. The number of methoxy groups -OCH3 is 1. The normalized spacial score (nSPS) is 19.8. The number of benzene rings is 1. The number of nitrogens with zero attached hydrogens (tertiary/aromatic N) is 9. The molecule has 0 spiro atoms. The Morgan fingerprint density at radius 1 is 0.860 bits per heavy atom. The average Bonchev–Trinajstić information content (AvgIpc) is 3.70. The molecule has 0 saturated carbocycles. The quantitative estimate of drug-likeness (QED) is 0.168. The van der Waals surface area contributed by atoms with Crippen molar-refractivity contribution in [3.63, 3.8) is 0 Å². The lowest BCUT2D eigenvalue weighted by Gasteiger charge is -2.36. The predicted molar refractivity (Wildman–Crippen MR) is 212 cm³/mol. The summed E-state index contributed by atoms with van der Waals surface area (Å²) in [7, 11) is 1.76. The number of rotatable bonds is 11. The fraction of sp³-hybridized carbons (Fsp3) is 0.500. The third-order valence-electron chi connectivity index (χ3n) is 11.2. The first kappa shape index (κ1) is 38.4. The molecule has 3 saturated heterocycles. The molecule has 0 bridgehead atoms. The van der Waals surface area contributed by atoms with Crippen LogP contribution in [0.15, 0.2) is 42.7 Å². The molecular formula is C40H49N11O6. The lowest BCUT2D eigenvalue weighted by atomic mass is 10.0. The van der Waals surface area contributed by atoms with Crippen LogP contribution in [0, 0.1) is 0 Å². The van der Waals surface area contributed by atoms with Gasteiger partial charge in [-0.25, -0.2) is 15.0 Å². The van der Waals surface area contributed by atoms with Gasteiger partial charge in [0.15, 0.2) is 0 Å². The molecule has 8 rings (SSSR count). The predicted octanol–water partition coefficient (Wildman–Crippen LogP) is 3.08. The summed E-state index contributed by atoms with van der Waals surface area (Å²) in [5.74, 6) is 0.838. The summed E-state index contributed by atoms with van der Waals surface area (Å²) in [5.41, 5.74) is 2.89. The highest BCUT2D eigenvalue weighted by atomic mass is 16.5. The molecule has 4 amide bonds. The van der Waals surface area contributed by atoms with Crippen LogP contribution in [0.4, 0.5) is 23.3 Å². The van der Waals surface area contributed by atoms with Gasteiger partial charge in [0.2, 0.25) is 17.8 Å². The number of pyridine rings is 1. The molecule has 4 aromatic rings. The average molecular weight is 780 g/mol. The smallest absolute Gasteiger partial charge is 0.262 e. The van der Waals surface area contributed by atoms with Gasteiger partial charge in [-0.15, -0.1) is 0 Å². The van der Waals surface area contributed by atoms with Crippen molar-refractivity contribution in [3.05, 3.63) is 59.7 Å². The number of anilines is 4. The molecule has 57 heavy (non-hydrogen) atoms. The van der Waals surface area contributed by atoms with Crippen LogP contribution in [0.1, 0.15) is 73.0 Å². The number of piperazine rings is 1. The highest BCUT2D eigenvalue weighted by Gasteiger charge is 2.45. The molecule has 17 heteroatoms. The number of ether oxygens (including phenoxy) is 2. The number of carbonyl (C=O) groups is 4. The Balaban J connectivity index is 0.850. The van der Waals surface area contributed by atoms with Gasteiger partial charge in [-0.3, -0.25) is 34.3 Å². The standard InChI is InChI=1S/C40H49N11O6/c1-40(2,3)51-31-22-33(44-32-9-12-41-39(45-32)49-13-10-26(56-4)11-14-49)42-23-29(31)43-34(51)24-57-20-19-47-15-17-48(18-16-47)25-5-6-27-28(21-25)38(55)50(37(27)54)30-7-8-35(52)46-36(30)53/h5-6,9,12,21-23,26,30H,7-8,10-11,13-20,24H2,1-4H3,(H,46,52,53)(H,41,42,44,45). The van der Waals surface area contributed by atoms with Crippen molar-refractivity contribution in [2.45, 2.75) is 70.7 Å². The van der Waals surface area contributed by atoms with Crippen LogP contribution in [0.25, 0.3) is 11.0 Å². The van der Waals surface area contributed by atoms with E-state index in [9.17, 15) is 19.2 Å². The number of aromatic nitrogens is 5. The van der Waals surface area contributed by atoms with Gasteiger partial charge in [0, 0.05) is 82.8 Å². The minimum Gasteiger partial charge on any atom is -0.381 e. The number of carbonyl (C=O) groups excluding carboxylic acids is 4. The third-order valence-corrected chi connectivity index (χ3v) is 11.2. The molecular weight excluding hydrogens is 731 g/mol. The number of hydrogen-bond acceptors (Lipinski definition) is 14. The Kier molecular flexibility index (Phi) is 10.6. The van der Waals surface area contributed by atoms with E-state index < -0.39 is 29.7 Å². The second-order valence-electron chi connectivity index (χ2n) is 15.9. The Bertz CT molecular complexity index is 2190. The minimum atomic E-state index is -0.982. The Morgan fingerprint density at radius 2 is 1.63 bits per heavy atom.